The molecular weight excluding hydrogens is 296 g/mol. The maximum atomic E-state index is 10.1. The number of hydrogen-bond acceptors (Lipinski definition) is 1. The number of carboxylic acids is 1. The van der Waals surface area contributed by atoms with Crippen LogP contribution in [0.5, 0.6) is 0 Å². The Morgan fingerprint density at radius 1 is 1.23 bits per heavy atom. The first-order valence-electron chi connectivity index (χ1n) is 4.80. The molecule has 0 atom stereocenters. The molecule has 0 rings (SSSR count). The van der Waals surface area contributed by atoms with Crippen molar-refractivity contribution < 1.29 is 50.7 Å². The maximum Gasteiger partial charge on any atom is 0.300 e. The van der Waals surface area contributed by atoms with Crippen LogP contribution in [0.15, 0.2) is 0 Å². The van der Waals surface area contributed by atoms with Crippen LogP contribution in [0, 0.1) is 47.3 Å². The first-order chi connectivity index (χ1) is 5.77. The largest absolute Gasteiger partial charge is 0.481 e. The molecule has 0 saturated heterocycles. The number of hydrogen-bond donors (Lipinski definition) is 1. The third kappa shape index (κ3) is 15.6. The number of carbonyl (C=O) groups is 1. The second-order valence-corrected chi connectivity index (χ2v) is 3.07. The summed E-state index contributed by atoms with van der Waals surface area (Å²) >= 11 is 0. The second kappa shape index (κ2) is 12.8. The van der Waals surface area contributed by atoms with Gasteiger partial charge < -0.3 is 11.5 Å². The SMILES string of the molecule is CCCCCC[CH-]CCC(=O)O.[Nd]. The molecule has 0 aromatic rings. The molecule has 13 heavy (non-hydrogen) atoms. The van der Waals surface area contributed by atoms with Crippen LogP contribution in [0.1, 0.15) is 51.9 Å². The molecule has 0 aliphatic rings. The summed E-state index contributed by atoms with van der Waals surface area (Å²) in [6.45, 7) is 2.19. The van der Waals surface area contributed by atoms with E-state index in [1.54, 1.807) is 0 Å². The Labute approximate surface area is 114 Å². The minimum Gasteiger partial charge on any atom is -0.481 e. The summed E-state index contributed by atoms with van der Waals surface area (Å²) in [6, 6.07) is 0. The molecule has 0 heterocycles. The van der Waals surface area contributed by atoms with E-state index in [-0.39, 0.29) is 47.3 Å². The van der Waals surface area contributed by atoms with Gasteiger partial charge in [-0.3, -0.25) is 4.79 Å². The first-order valence-corrected chi connectivity index (χ1v) is 4.80. The summed E-state index contributed by atoms with van der Waals surface area (Å²) in [5.74, 6) is -0.695. The zero-order valence-electron chi connectivity index (χ0n) is 8.38. The van der Waals surface area contributed by atoms with Crippen molar-refractivity contribution in [3.05, 3.63) is 6.42 Å². The minimum absolute atomic E-state index is 0. The summed E-state index contributed by atoms with van der Waals surface area (Å²) in [4.78, 5) is 10.1. The summed E-state index contributed by atoms with van der Waals surface area (Å²) in [7, 11) is 0. The zero-order valence-corrected chi connectivity index (χ0v) is 11.6. The van der Waals surface area contributed by atoms with E-state index in [1.807, 2.05) is 0 Å². The van der Waals surface area contributed by atoms with Gasteiger partial charge in [0, 0.05) is 47.3 Å². The van der Waals surface area contributed by atoms with Crippen molar-refractivity contribution in [2.45, 2.75) is 51.9 Å². The zero-order chi connectivity index (χ0) is 9.23. The van der Waals surface area contributed by atoms with Gasteiger partial charge in [0.2, 0.25) is 0 Å². The van der Waals surface area contributed by atoms with E-state index < -0.39 is 5.97 Å². The third-order valence-electron chi connectivity index (χ3n) is 1.82. The van der Waals surface area contributed by atoms with Gasteiger partial charge in [0.25, 0.3) is 0 Å². The van der Waals surface area contributed by atoms with Crippen LogP contribution < -0.4 is 0 Å². The number of aliphatic carboxylic acids is 1. The molecule has 1 N–H and O–H groups in total. The smallest absolute Gasteiger partial charge is 0.300 e. The molecule has 0 radical (unpaired) electrons. The van der Waals surface area contributed by atoms with E-state index in [1.165, 1.54) is 25.7 Å². The van der Waals surface area contributed by atoms with Crippen LogP contribution in [-0.4, -0.2) is 11.1 Å². The van der Waals surface area contributed by atoms with Crippen molar-refractivity contribution in [3.63, 3.8) is 0 Å². The Kier molecular flexibility index (Phi) is 16.0. The summed E-state index contributed by atoms with van der Waals surface area (Å²) in [5.41, 5.74) is 0. The average Bonchev–Trinajstić information content (AvgIpc) is 2.02. The van der Waals surface area contributed by atoms with Crippen molar-refractivity contribution in [3.8, 4) is 0 Å². The van der Waals surface area contributed by atoms with E-state index in [2.05, 4.69) is 13.3 Å². The molecule has 0 aromatic carbocycles. The van der Waals surface area contributed by atoms with Crippen LogP contribution in [0.3, 0.4) is 0 Å². The number of unbranched alkanes of at least 4 members (excludes halogenated alkanes) is 6. The predicted molar refractivity (Wildman–Crippen MR) is 49.9 cm³/mol. The van der Waals surface area contributed by atoms with Gasteiger partial charge in [-0.1, -0.05) is 32.6 Å². The third-order valence-corrected chi connectivity index (χ3v) is 1.82. The molecule has 0 amide bonds. The average molecular weight is 316 g/mol. The number of carboxylic acid groups (broad SMARTS) is 1. The molecule has 76 valence electrons. The van der Waals surface area contributed by atoms with Crippen molar-refractivity contribution >= 4 is 5.97 Å². The first kappa shape index (κ1) is 16.3. The second-order valence-electron chi connectivity index (χ2n) is 3.07. The van der Waals surface area contributed by atoms with Gasteiger partial charge >= 0.3 is 5.97 Å². The van der Waals surface area contributed by atoms with Crippen LogP contribution in [0.2, 0.25) is 0 Å². The quantitative estimate of drug-likeness (QED) is 0.552. The summed E-state index contributed by atoms with van der Waals surface area (Å²) in [6.07, 6.45) is 9.22. The Hall–Kier alpha value is 0.821. The van der Waals surface area contributed by atoms with Gasteiger partial charge in [-0.2, -0.15) is 12.8 Å². The topological polar surface area (TPSA) is 37.3 Å². The van der Waals surface area contributed by atoms with Crippen LogP contribution >= 0.6 is 0 Å². The van der Waals surface area contributed by atoms with Crippen molar-refractivity contribution in [1.29, 1.82) is 0 Å². The Bertz CT molecular complexity index is 115. The molecule has 0 fully saturated rings. The molecule has 2 nitrogen and oxygen atoms in total. The van der Waals surface area contributed by atoms with Crippen LogP contribution in [0.4, 0.5) is 0 Å². The molecular formula is C10H19NdO2-. The van der Waals surface area contributed by atoms with E-state index >= 15 is 0 Å². The van der Waals surface area contributed by atoms with Crippen LogP contribution in [0.25, 0.3) is 0 Å². The molecule has 0 bridgehead atoms. The molecule has 0 spiro atoms. The Morgan fingerprint density at radius 2 is 1.92 bits per heavy atom. The summed E-state index contributed by atoms with van der Waals surface area (Å²) in [5, 5.41) is 8.33. The van der Waals surface area contributed by atoms with Gasteiger partial charge in [-0.05, 0) is 0 Å². The predicted octanol–water partition coefficient (Wildman–Crippen LogP) is 3.03. The molecule has 0 unspecified atom stereocenters. The minimum atomic E-state index is -0.695. The normalized spacial score (nSPS) is 9.31. The van der Waals surface area contributed by atoms with E-state index in [9.17, 15) is 4.79 Å². The number of rotatable bonds is 8. The van der Waals surface area contributed by atoms with E-state index in [0.717, 1.165) is 12.8 Å². The summed E-state index contributed by atoms with van der Waals surface area (Å²) < 4.78 is 0. The molecule has 0 aliphatic carbocycles. The van der Waals surface area contributed by atoms with Gasteiger partial charge in [0.15, 0.2) is 0 Å². The van der Waals surface area contributed by atoms with Gasteiger partial charge in [-0.15, -0.1) is 0 Å². The van der Waals surface area contributed by atoms with Gasteiger partial charge in [0.1, 0.15) is 0 Å². The molecule has 3 heteroatoms. The molecule has 0 saturated carbocycles. The maximum absolute atomic E-state index is 10.1. The Balaban J connectivity index is 0. The molecule has 0 aromatic heterocycles. The van der Waals surface area contributed by atoms with Gasteiger partial charge in [-0.25, -0.2) is 0 Å². The van der Waals surface area contributed by atoms with Crippen LogP contribution in [-0.2, 0) is 4.79 Å². The fourth-order valence-electron chi connectivity index (χ4n) is 1.09. The standard InChI is InChI=1S/C10H19O2.Nd/c1-2-3-4-5-6-7-8-9-10(11)12;/h7H,2-6,8-9H2,1H3,(H,11,12);/q-1;. The monoisotopic (exact) mass is 313 g/mol. The van der Waals surface area contributed by atoms with Crippen molar-refractivity contribution in [1.82, 2.24) is 0 Å². The fourth-order valence-corrected chi connectivity index (χ4v) is 1.09. The van der Waals surface area contributed by atoms with E-state index in [4.69, 9.17) is 5.11 Å². The van der Waals surface area contributed by atoms with Crippen molar-refractivity contribution in [2.75, 3.05) is 0 Å². The molecule has 0 aliphatic heterocycles. The van der Waals surface area contributed by atoms with Gasteiger partial charge in [0.05, 0.1) is 0 Å². The Morgan fingerprint density at radius 3 is 2.46 bits per heavy atom. The van der Waals surface area contributed by atoms with Crippen molar-refractivity contribution in [2.24, 2.45) is 0 Å². The fraction of sp³-hybridized carbons (Fsp3) is 0.800. The van der Waals surface area contributed by atoms with E-state index in [0.29, 0.717) is 0 Å².